The fourth-order valence-electron chi connectivity index (χ4n) is 3.46. The molecule has 0 N–H and O–H groups in total. The first-order chi connectivity index (χ1) is 14.1. The molecule has 29 heavy (non-hydrogen) atoms. The maximum absolute atomic E-state index is 13.0. The highest BCUT2D eigenvalue weighted by atomic mass is 35.5. The molecule has 0 spiro atoms. The molecule has 5 nitrogen and oxygen atoms in total. The van der Waals surface area contributed by atoms with Gasteiger partial charge in [0.15, 0.2) is 11.9 Å². The van der Waals surface area contributed by atoms with Crippen LogP contribution in [0.15, 0.2) is 76.5 Å². The monoisotopic (exact) mass is 408 g/mol. The number of hydrogen-bond donors (Lipinski definition) is 0. The van der Waals surface area contributed by atoms with Crippen LogP contribution < -0.4 is 0 Å². The first-order valence-electron chi connectivity index (χ1n) is 9.46. The third-order valence-corrected chi connectivity index (χ3v) is 5.13. The lowest BCUT2D eigenvalue weighted by Gasteiger charge is -2.24. The molecule has 0 saturated carbocycles. The molecule has 2 heterocycles. The van der Waals surface area contributed by atoms with Gasteiger partial charge in [-0.1, -0.05) is 53.2 Å². The Morgan fingerprint density at radius 3 is 2.79 bits per heavy atom. The predicted molar refractivity (Wildman–Crippen MR) is 112 cm³/mol. The topological polar surface area (TPSA) is 55.0 Å². The van der Waals surface area contributed by atoms with Crippen LogP contribution in [-0.2, 0) is 11.4 Å². The van der Waals surface area contributed by atoms with E-state index in [0.29, 0.717) is 30.3 Å². The third kappa shape index (κ3) is 4.51. The Morgan fingerprint density at radius 1 is 1.17 bits per heavy atom. The zero-order valence-corrected chi connectivity index (χ0v) is 16.8. The van der Waals surface area contributed by atoms with Gasteiger partial charge in [-0.05, 0) is 42.3 Å². The highest BCUT2D eigenvalue weighted by molar-refractivity contribution is 6.30. The van der Waals surface area contributed by atoms with Crippen molar-refractivity contribution in [1.29, 1.82) is 0 Å². The normalized spacial score (nSPS) is 15.7. The fraction of sp³-hybridized carbons (Fsp3) is 0.217. The van der Waals surface area contributed by atoms with E-state index in [2.05, 4.69) is 18.1 Å². The first-order valence-corrected chi connectivity index (χ1v) is 9.84. The van der Waals surface area contributed by atoms with E-state index >= 15 is 0 Å². The molecule has 0 saturated heterocycles. The Morgan fingerprint density at radius 2 is 2.03 bits per heavy atom. The van der Waals surface area contributed by atoms with Gasteiger partial charge in [-0.15, -0.1) is 0 Å². The molecule has 1 amide bonds. The minimum absolute atomic E-state index is 0.192. The molecule has 148 valence electrons. The Balaban J connectivity index is 1.50. The molecule has 4 rings (SSSR count). The molecule has 1 aliphatic heterocycles. The van der Waals surface area contributed by atoms with Crippen LogP contribution in [0.3, 0.4) is 0 Å². The SMILES string of the molecule is Cc1ccccc1C1=NOC(CN(Cc2cccc(Cl)c2)C(=O)c2ccco2)C1. The minimum Gasteiger partial charge on any atom is -0.459 e. The number of carbonyl (C=O) groups is 1. The van der Waals surface area contributed by atoms with Crippen molar-refractivity contribution in [3.63, 3.8) is 0 Å². The number of furan rings is 1. The summed E-state index contributed by atoms with van der Waals surface area (Å²) in [6.07, 6.45) is 1.92. The molecule has 0 aliphatic carbocycles. The average Bonchev–Trinajstić information content (AvgIpc) is 3.40. The van der Waals surface area contributed by atoms with Crippen LogP contribution in [0.1, 0.15) is 33.7 Å². The standard InChI is InChI=1S/C23H21ClN2O3/c1-16-6-2-3-9-20(16)21-13-19(29-25-21)15-26(23(27)22-10-5-11-28-22)14-17-7-4-8-18(24)12-17/h2-12,19H,13-15H2,1H3. The summed E-state index contributed by atoms with van der Waals surface area (Å²) in [5.41, 5.74) is 4.07. The quantitative estimate of drug-likeness (QED) is 0.571. The summed E-state index contributed by atoms with van der Waals surface area (Å²) in [6.45, 7) is 2.85. The van der Waals surface area contributed by atoms with Gasteiger partial charge < -0.3 is 14.2 Å². The molecule has 0 radical (unpaired) electrons. The number of halogens is 1. The van der Waals surface area contributed by atoms with Crippen LogP contribution in [0.25, 0.3) is 0 Å². The molecule has 1 unspecified atom stereocenters. The van der Waals surface area contributed by atoms with E-state index in [9.17, 15) is 4.79 Å². The maximum Gasteiger partial charge on any atom is 0.289 e. The van der Waals surface area contributed by atoms with Gasteiger partial charge in [-0.2, -0.15) is 0 Å². The van der Waals surface area contributed by atoms with Crippen LogP contribution in [-0.4, -0.2) is 29.2 Å². The molecule has 3 aromatic rings. The van der Waals surface area contributed by atoms with Crippen molar-refractivity contribution >= 4 is 23.2 Å². The Bertz CT molecular complexity index is 1030. The Kier molecular flexibility index (Phi) is 5.67. The van der Waals surface area contributed by atoms with Crippen molar-refractivity contribution in [2.24, 2.45) is 5.16 Å². The summed E-state index contributed by atoms with van der Waals surface area (Å²) in [4.78, 5) is 20.4. The van der Waals surface area contributed by atoms with Crippen molar-refractivity contribution in [3.8, 4) is 0 Å². The second kappa shape index (κ2) is 8.53. The van der Waals surface area contributed by atoms with Crippen molar-refractivity contribution < 1.29 is 14.0 Å². The molecule has 1 atom stereocenters. The summed E-state index contributed by atoms with van der Waals surface area (Å²) < 4.78 is 5.32. The average molecular weight is 409 g/mol. The van der Waals surface area contributed by atoms with Gasteiger partial charge in [-0.3, -0.25) is 4.79 Å². The lowest BCUT2D eigenvalue weighted by Crippen LogP contribution is -2.37. The van der Waals surface area contributed by atoms with Gasteiger partial charge in [0.2, 0.25) is 0 Å². The van der Waals surface area contributed by atoms with Gasteiger partial charge in [0.1, 0.15) is 0 Å². The predicted octanol–water partition coefficient (Wildman–Crippen LogP) is 5.08. The van der Waals surface area contributed by atoms with Gasteiger partial charge in [0, 0.05) is 23.6 Å². The number of benzene rings is 2. The molecular weight excluding hydrogens is 388 g/mol. The minimum atomic E-state index is -0.220. The van der Waals surface area contributed by atoms with Crippen LogP contribution in [0, 0.1) is 6.92 Å². The third-order valence-electron chi connectivity index (χ3n) is 4.89. The molecule has 1 aromatic heterocycles. The summed E-state index contributed by atoms with van der Waals surface area (Å²) in [7, 11) is 0. The van der Waals surface area contributed by atoms with E-state index in [0.717, 1.165) is 22.4 Å². The van der Waals surface area contributed by atoms with Gasteiger partial charge >= 0.3 is 0 Å². The molecular formula is C23H21ClN2O3. The molecule has 1 aliphatic rings. The molecule has 6 heteroatoms. The van der Waals surface area contributed by atoms with Gasteiger partial charge in [-0.25, -0.2) is 0 Å². The van der Waals surface area contributed by atoms with Crippen LogP contribution in [0.5, 0.6) is 0 Å². The highest BCUT2D eigenvalue weighted by Crippen LogP contribution is 2.22. The van der Waals surface area contributed by atoms with Crippen molar-refractivity contribution in [1.82, 2.24) is 4.90 Å². The van der Waals surface area contributed by atoms with E-state index in [4.69, 9.17) is 20.9 Å². The smallest absolute Gasteiger partial charge is 0.289 e. The number of oxime groups is 1. The highest BCUT2D eigenvalue weighted by Gasteiger charge is 2.28. The van der Waals surface area contributed by atoms with E-state index in [1.807, 2.05) is 42.5 Å². The second-order valence-corrected chi connectivity index (χ2v) is 7.51. The van der Waals surface area contributed by atoms with Gasteiger partial charge in [0.25, 0.3) is 5.91 Å². The Hall–Kier alpha value is -3.05. The first kappa shape index (κ1) is 19.3. The molecule has 0 bridgehead atoms. The van der Waals surface area contributed by atoms with Crippen LogP contribution in [0.4, 0.5) is 0 Å². The van der Waals surface area contributed by atoms with E-state index in [1.54, 1.807) is 17.0 Å². The zero-order valence-electron chi connectivity index (χ0n) is 16.0. The van der Waals surface area contributed by atoms with Crippen LogP contribution in [0.2, 0.25) is 5.02 Å². The number of rotatable bonds is 6. The molecule has 0 fully saturated rings. The summed E-state index contributed by atoms with van der Waals surface area (Å²) in [5.74, 6) is 0.105. The van der Waals surface area contributed by atoms with Crippen LogP contribution >= 0.6 is 11.6 Å². The van der Waals surface area contributed by atoms with E-state index < -0.39 is 0 Å². The number of amides is 1. The van der Waals surface area contributed by atoms with Crippen molar-refractivity contribution in [2.45, 2.75) is 26.0 Å². The zero-order chi connectivity index (χ0) is 20.2. The van der Waals surface area contributed by atoms with E-state index in [1.165, 1.54) is 6.26 Å². The maximum atomic E-state index is 13.0. The largest absolute Gasteiger partial charge is 0.459 e. The summed E-state index contributed by atoms with van der Waals surface area (Å²) >= 11 is 6.11. The second-order valence-electron chi connectivity index (χ2n) is 7.08. The number of carbonyl (C=O) groups excluding carboxylic acids is 1. The lowest BCUT2D eigenvalue weighted by molar-refractivity contribution is 0.0387. The van der Waals surface area contributed by atoms with Crippen molar-refractivity contribution in [3.05, 3.63) is 94.4 Å². The summed E-state index contributed by atoms with van der Waals surface area (Å²) in [6, 6.07) is 18.9. The fourth-order valence-corrected chi connectivity index (χ4v) is 3.67. The van der Waals surface area contributed by atoms with E-state index in [-0.39, 0.29) is 12.0 Å². The Labute approximate surface area is 174 Å². The lowest BCUT2D eigenvalue weighted by atomic mass is 10.00. The number of hydrogen-bond acceptors (Lipinski definition) is 4. The molecule has 2 aromatic carbocycles. The van der Waals surface area contributed by atoms with Gasteiger partial charge in [0.05, 0.1) is 18.5 Å². The number of aryl methyl sites for hydroxylation is 1. The summed E-state index contributed by atoms with van der Waals surface area (Å²) in [5, 5.41) is 4.91. The van der Waals surface area contributed by atoms with Crippen molar-refractivity contribution in [2.75, 3.05) is 6.54 Å². The number of nitrogens with zero attached hydrogens (tertiary/aromatic N) is 2.